The van der Waals surface area contributed by atoms with Crippen LogP contribution in [0.25, 0.3) is 0 Å². The van der Waals surface area contributed by atoms with Gasteiger partial charge in [0.05, 0.1) is 18.1 Å². The molecule has 3 saturated heterocycles. The van der Waals surface area contributed by atoms with Crippen molar-refractivity contribution < 1.29 is 17.9 Å². The number of guanidine groups is 1. The van der Waals surface area contributed by atoms with Gasteiger partial charge >= 0.3 is 0 Å². The molecule has 1 aliphatic carbocycles. The van der Waals surface area contributed by atoms with Crippen molar-refractivity contribution in [2.24, 2.45) is 10.9 Å². The van der Waals surface area contributed by atoms with Crippen molar-refractivity contribution in [1.82, 2.24) is 15.1 Å². The summed E-state index contributed by atoms with van der Waals surface area (Å²) >= 11 is 0. The molecule has 0 aromatic carbocycles. The Bertz CT molecular complexity index is 692. The van der Waals surface area contributed by atoms with Crippen LogP contribution in [-0.2, 0) is 19.4 Å². The third-order valence-corrected chi connectivity index (χ3v) is 7.76. The maximum absolute atomic E-state index is 12.5. The first kappa shape index (κ1) is 22.1. The van der Waals surface area contributed by atoms with Gasteiger partial charge in [0, 0.05) is 44.9 Å². The standard InChI is InChI=1S/C18H30N4O4S.HI/c23-17-12-21(6-7-22(17)16-1-2-16)18(20-15-3-8-26-9-4-15)19-11-14-5-10-27(24,25)13-14;/h14-16H,1-13H2,(H,19,20);1H. The summed E-state index contributed by atoms with van der Waals surface area (Å²) in [6.45, 7) is 3.85. The van der Waals surface area contributed by atoms with E-state index in [0.717, 1.165) is 57.9 Å². The number of ether oxygens (including phenoxy) is 1. The molecule has 4 fully saturated rings. The molecule has 0 aromatic rings. The minimum Gasteiger partial charge on any atom is -0.381 e. The Hall–Kier alpha value is -0.620. The third-order valence-electron chi connectivity index (χ3n) is 5.92. The van der Waals surface area contributed by atoms with Crippen molar-refractivity contribution in [2.75, 3.05) is 50.9 Å². The fraction of sp³-hybridized carbons (Fsp3) is 0.889. The van der Waals surface area contributed by atoms with Gasteiger partial charge in [-0.05, 0) is 38.0 Å². The molecule has 3 heterocycles. The lowest BCUT2D eigenvalue weighted by Gasteiger charge is -2.38. The van der Waals surface area contributed by atoms with E-state index in [1.54, 1.807) is 0 Å². The highest BCUT2D eigenvalue weighted by atomic mass is 127. The van der Waals surface area contributed by atoms with E-state index in [-0.39, 0.29) is 47.3 Å². The SMILES string of the molecule is I.O=C1CN(C(=NCC2CCS(=O)(=O)C2)NC2CCOCC2)CCN1C1CC1. The van der Waals surface area contributed by atoms with Crippen molar-refractivity contribution in [3.05, 3.63) is 0 Å². The summed E-state index contributed by atoms with van der Waals surface area (Å²) < 4.78 is 28.9. The molecule has 3 aliphatic heterocycles. The number of carbonyl (C=O) groups excluding carboxylic acids is 1. The average Bonchev–Trinajstić information content (AvgIpc) is 3.42. The summed E-state index contributed by atoms with van der Waals surface area (Å²) in [5, 5.41) is 3.53. The lowest BCUT2D eigenvalue weighted by atomic mass is 10.1. The van der Waals surface area contributed by atoms with E-state index in [2.05, 4.69) is 5.32 Å². The lowest BCUT2D eigenvalue weighted by molar-refractivity contribution is -0.135. The molecular formula is C18H31IN4O4S. The second-order valence-electron chi connectivity index (χ2n) is 8.20. The summed E-state index contributed by atoms with van der Waals surface area (Å²) in [4.78, 5) is 21.3. The first-order valence-corrected chi connectivity index (χ1v) is 12.0. The van der Waals surface area contributed by atoms with Crippen LogP contribution in [0.2, 0.25) is 0 Å². The van der Waals surface area contributed by atoms with Gasteiger partial charge in [-0.15, -0.1) is 24.0 Å². The first-order valence-electron chi connectivity index (χ1n) is 10.1. The van der Waals surface area contributed by atoms with E-state index in [0.29, 0.717) is 31.6 Å². The van der Waals surface area contributed by atoms with Gasteiger partial charge in [0.2, 0.25) is 5.91 Å². The topological polar surface area (TPSA) is 91.3 Å². The predicted molar refractivity (Wildman–Crippen MR) is 118 cm³/mol. The summed E-state index contributed by atoms with van der Waals surface area (Å²) in [5.41, 5.74) is 0. The van der Waals surface area contributed by atoms with Gasteiger partial charge in [0.1, 0.15) is 0 Å². The number of sulfone groups is 1. The highest BCUT2D eigenvalue weighted by Crippen LogP contribution is 2.28. The summed E-state index contributed by atoms with van der Waals surface area (Å²) in [5.74, 6) is 1.53. The normalized spacial score (nSPS) is 28.9. The van der Waals surface area contributed by atoms with Crippen molar-refractivity contribution in [3.8, 4) is 0 Å². The zero-order chi connectivity index (χ0) is 18.9. The van der Waals surface area contributed by atoms with Crippen LogP contribution in [0.5, 0.6) is 0 Å². The fourth-order valence-corrected chi connectivity index (χ4v) is 5.98. The van der Waals surface area contributed by atoms with Crippen molar-refractivity contribution in [3.63, 3.8) is 0 Å². The number of aliphatic imine (C=N–C) groups is 1. The van der Waals surface area contributed by atoms with E-state index in [1.807, 2.05) is 9.80 Å². The Morgan fingerprint density at radius 3 is 2.50 bits per heavy atom. The highest BCUT2D eigenvalue weighted by molar-refractivity contribution is 14.0. The van der Waals surface area contributed by atoms with Crippen LogP contribution in [0.1, 0.15) is 32.1 Å². The van der Waals surface area contributed by atoms with Gasteiger partial charge in [0.15, 0.2) is 15.8 Å². The summed E-state index contributed by atoms with van der Waals surface area (Å²) in [6, 6.07) is 0.744. The average molecular weight is 526 g/mol. The van der Waals surface area contributed by atoms with Crippen LogP contribution < -0.4 is 5.32 Å². The fourth-order valence-electron chi connectivity index (χ4n) is 4.13. The number of nitrogens with zero attached hydrogens (tertiary/aromatic N) is 3. The molecule has 28 heavy (non-hydrogen) atoms. The predicted octanol–water partition coefficient (Wildman–Crippen LogP) is 0.470. The Kier molecular flexibility index (Phi) is 7.46. The minimum absolute atomic E-state index is 0. The zero-order valence-electron chi connectivity index (χ0n) is 16.2. The Labute approximate surface area is 184 Å². The number of rotatable bonds is 4. The van der Waals surface area contributed by atoms with Crippen molar-refractivity contribution in [2.45, 2.75) is 44.2 Å². The number of piperazine rings is 1. The van der Waals surface area contributed by atoms with E-state index in [4.69, 9.17) is 9.73 Å². The van der Waals surface area contributed by atoms with E-state index < -0.39 is 9.84 Å². The molecule has 4 rings (SSSR count). The second kappa shape index (κ2) is 9.46. The van der Waals surface area contributed by atoms with Crippen LogP contribution in [-0.4, -0.2) is 93.1 Å². The first-order chi connectivity index (χ1) is 13.0. The molecule has 1 N–H and O–H groups in total. The molecule has 1 saturated carbocycles. The number of halogens is 1. The zero-order valence-corrected chi connectivity index (χ0v) is 19.4. The molecular weight excluding hydrogens is 495 g/mol. The maximum atomic E-state index is 12.5. The van der Waals surface area contributed by atoms with Gasteiger partial charge in [-0.3, -0.25) is 9.79 Å². The van der Waals surface area contributed by atoms with Crippen LogP contribution >= 0.6 is 24.0 Å². The molecule has 160 valence electrons. The molecule has 0 aromatic heterocycles. The number of amides is 1. The quantitative estimate of drug-likeness (QED) is 0.326. The Balaban J connectivity index is 0.00000225. The second-order valence-corrected chi connectivity index (χ2v) is 10.4. The minimum atomic E-state index is -2.89. The molecule has 4 aliphatic rings. The van der Waals surface area contributed by atoms with E-state index >= 15 is 0 Å². The summed E-state index contributed by atoms with van der Waals surface area (Å²) in [6.07, 6.45) is 4.79. The van der Waals surface area contributed by atoms with Crippen molar-refractivity contribution in [1.29, 1.82) is 0 Å². The van der Waals surface area contributed by atoms with Crippen molar-refractivity contribution >= 4 is 45.7 Å². The molecule has 1 atom stereocenters. The van der Waals surface area contributed by atoms with Gasteiger partial charge in [0.25, 0.3) is 0 Å². The number of carbonyl (C=O) groups is 1. The van der Waals surface area contributed by atoms with E-state index in [1.165, 1.54) is 0 Å². The van der Waals surface area contributed by atoms with Crippen LogP contribution in [0, 0.1) is 5.92 Å². The van der Waals surface area contributed by atoms with Gasteiger partial charge in [-0.2, -0.15) is 0 Å². The van der Waals surface area contributed by atoms with E-state index in [9.17, 15) is 13.2 Å². The van der Waals surface area contributed by atoms with Gasteiger partial charge < -0.3 is 19.9 Å². The number of nitrogens with one attached hydrogen (secondary N) is 1. The molecule has 0 radical (unpaired) electrons. The van der Waals surface area contributed by atoms with Gasteiger partial charge in [-0.1, -0.05) is 0 Å². The third kappa shape index (κ3) is 5.71. The number of hydrogen-bond donors (Lipinski definition) is 1. The highest BCUT2D eigenvalue weighted by Gasteiger charge is 2.37. The van der Waals surface area contributed by atoms with Crippen LogP contribution in [0.15, 0.2) is 4.99 Å². The smallest absolute Gasteiger partial charge is 0.242 e. The molecule has 1 amide bonds. The monoisotopic (exact) mass is 526 g/mol. The lowest BCUT2D eigenvalue weighted by Crippen LogP contribution is -2.57. The Morgan fingerprint density at radius 1 is 1.14 bits per heavy atom. The summed E-state index contributed by atoms with van der Waals surface area (Å²) in [7, 11) is -2.89. The Morgan fingerprint density at radius 2 is 1.89 bits per heavy atom. The van der Waals surface area contributed by atoms with Gasteiger partial charge in [-0.25, -0.2) is 8.42 Å². The maximum Gasteiger partial charge on any atom is 0.242 e. The molecule has 1 unspecified atom stereocenters. The molecule has 8 nitrogen and oxygen atoms in total. The van der Waals surface area contributed by atoms with Crippen LogP contribution in [0.3, 0.4) is 0 Å². The molecule has 0 spiro atoms. The molecule has 10 heteroatoms. The number of hydrogen-bond acceptors (Lipinski definition) is 5. The largest absolute Gasteiger partial charge is 0.381 e. The van der Waals surface area contributed by atoms with Crippen LogP contribution in [0.4, 0.5) is 0 Å². The molecule has 0 bridgehead atoms.